The molecule has 2 rings (SSSR count). The lowest BCUT2D eigenvalue weighted by Crippen LogP contribution is -2.16. The lowest BCUT2D eigenvalue weighted by atomic mass is 10.2. The van der Waals surface area contributed by atoms with Crippen LogP contribution in [0.5, 0.6) is 0 Å². The Labute approximate surface area is 128 Å². The molecule has 0 amide bonds. The van der Waals surface area contributed by atoms with Gasteiger partial charge in [-0.3, -0.25) is 0 Å². The summed E-state index contributed by atoms with van der Waals surface area (Å²) in [6.07, 6.45) is 0. The van der Waals surface area contributed by atoms with Crippen molar-refractivity contribution in [2.24, 2.45) is 0 Å². The fraction of sp³-hybridized carbons (Fsp3) is 0.333. The van der Waals surface area contributed by atoms with Crippen molar-refractivity contribution in [2.75, 3.05) is 6.66 Å². The smallest absolute Gasteiger partial charge is 0.0196 e. The zero-order chi connectivity index (χ0) is 14.6. The topological polar surface area (TPSA) is 0 Å². The van der Waals surface area contributed by atoms with E-state index < -0.39 is 0 Å². The number of hydrogen-bond acceptors (Lipinski definition) is 1. The largest absolute Gasteiger partial charge is 0.151 e. The predicted octanol–water partition coefficient (Wildman–Crippen LogP) is 4.78. The van der Waals surface area contributed by atoms with Crippen LogP contribution in [0.15, 0.2) is 54.6 Å². The Morgan fingerprint density at radius 2 is 1.50 bits per heavy atom. The Kier molecular flexibility index (Phi) is 5.29. The van der Waals surface area contributed by atoms with Crippen LogP contribution >= 0.6 is 19.7 Å². The van der Waals surface area contributed by atoms with Crippen LogP contribution in [0, 0.1) is 0 Å². The van der Waals surface area contributed by atoms with E-state index in [1.165, 1.54) is 16.2 Å². The van der Waals surface area contributed by atoms with Gasteiger partial charge in [0.1, 0.15) is 0 Å². The van der Waals surface area contributed by atoms with Crippen molar-refractivity contribution in [3.8, 4) is 0 Å². The number of rotatable bonds is 4. The maximum Gasteiger partial charge on any atom is 0.0196 e. The molecule has 0 aliphatic heterocycles. The molecule has 0 aliphatic carbocycles. The van der Waals surface area contributed by atoms with E-state index in [2.05, 4.69) is 82.0 Å². The summed E-state index contributed by atoms with van der Waals surface area (Å²) in [5.74, 6) is 1.10. The van der Waals surface area contributed by atoms with E-state index in [1.807, 2.05) is 11.8 Å². The molecule has 0 bridgehead atoms. The molecule has 2 aromatic rings. The highest BCUT2D eigenvalue weighted by Crippen LogP contribution is 2.33. The molecule has 1 unspecified atom stereocenters. The highest BCUT2D eigenvalue weighted by atomic mass is 32.2. The molecule has 0 aliphatic rings. The Bertz CT molecular complexity index is 543. The molecule has 0 heterocycles. The van der Waals surface area contributed by atoms with Crippen LogP contribution in [0.2, 0.25) is 0 Å². The second-order valence-electron chi connectivity index (χ2n) is 5.92. The minimum Gasteiger partial charge on any atom is -0.151 e. The monoisotopic (exact) mass is 302 g/mol. The lowest BCUT2D eigenvalue weighted by Gasteiger charge is -2.21. The lowest BCUT2D eigenvalue weighted by molar-refractivity contribution is 0.802. The van der Waals surface area contributed by atoms with Crippen LogP contribution < -0.4 is 10.6 Å². The first kappa shape index (κ1) is 15.6. The molecule has 106 valence electrons. The normalized spacial score (nSPS) is 13.2. The van der Waals surface area contributed by atoms with E-state index in [0.29, 0.717) is 4.75 Å². The molecule has 1 atom stereocenters. The molecule has 20 heavy (non-hydrogen) atoms. The Morgan fingerprint density at radius 1 is 0.900 bits per heavy atom. The maximum atomic E-state index is 2.37. The minimum atomic E-state index is -0.252. The first-order chi connectivity index (χ1) is 9.47. The quantitative estimate of drug-likeness (QED) is 0.732. The third-order valence-corrected chi connectivity index (χ3v) is 6.71. The van der Waals surface area contributed by atoms with Gasteiger partial charge < -0.3 is 0 Å². The van der Waals surface area contributed by atoms with Gasteiger partial charge in [-0.15, -0.1) is 0 Å². The molecule has 0 fully saturated rings. The Balaban J connectivity index is 2.23. The SMILES string of the molecule is CP(c1ccccc1)c1ccccc1CSC(C)(C)C. The molecule has 0 saturated heterocycles. The van der Waals surface area contributed by atoms with Gasteiger partial charge in [0.2, 0.25) is 0 Å². The fourth-order valence-electron chi connectivity index (χ4n) is 2.05. The first-order valence-corrected chi connectivity index (χ1v) is 9.75. The zero-order valence-corrected chi connectivity index (χ0v) is 14.5. The van der Waals surface area contributed by atoms with E-state index in [4.69, 9.17) is 0 Å². The van der Waals surface area contributed by atoms with E-state index in [-0.39, 0.29) is 7.92 Å². The second-order valence-corrected chi connectivity index (χ2v) is 9.84. The van der Waals surface area contributed by atoms with Gasteiger partial charge in [-0.1, -0.05) is 75.4 Å². The summed E-state index contributed by atoms with van der Waals surface area (Å²) in [6, 6.07) is 19.8. The van der Waals surface area contributed by atoms with Crippen LogP contribution in [-0.2, 0) is 5.75 Å². The predicted molar refractivity (Wildman–Crippen MR) is 96.0 cm³/mol. The minimum absolute atomic E-state index is 0.252. The molecule has 0 N–H and O–H groups in total. The van der Waals surface area contributed by atoms with Crippen LogP contribution in [0.4, 0.5) is 0 Å². The molecule has 0 nitrogen and oxygen atoms in total. The van der Waals surface area contributed by atoms with E-state index in [1.54, 1.807) is 0 Å². The van der Waals surface area contributed by atoms with Crippen LogP contribution in [0.1, 0.15) is 26.3 Å². The number of thioether (sulfide) groups is 1. The van der Waals surface area contributed by atoms with Crippen molar-refractivity contribution in [1.29, 1.82) is 0 Å². The van der Waals surface area contributed by atoms with Crippen molar-refractivity contribution in [2.45, 2.75) is 31.3 Å². The van der Waals surface area contributed by atoms with Crippen molar-refractivity contribution in [3.63, 3.8) is 0 Å². The summed E-state index contributed by atoms with van der Waals surface area (Å²) in [7, 11) is -0.252. The van der Waals surface area contributed by atoms with Gasteiger partial charge in [0.05, 0.1) is 0 Å². The van der Waals surface area contributed by atoms with Gasteiger partial charge in [-0.25, -0.2) is 0 Å². The average Bonchev–Trinajstić information content (AvgIpc) is 2.45. The summed E-state index contributed by atoms with van der Waals surface area (Å²) in [6.45, 7) is 9.22. The van der Waals surface area contributed by atoms with Crippen LogP contribution in [0.25, 0.3) is 0 Å². The second kappa shape index (κ2) is 6.78. The first-order valence-electron chi connectivity index (χ1n) is 6.98. The van der Waals surface area contributed by atoms with Gasteiger partial charge in [0.15, 0.2) is 0 Å². The Hall–Kier alpha value is -0.780. The highest BCUT2D eigenvalue weighted by Gasteiger charge is 2.15. The van der Waals surface area contributed by atoms with Crippen LogP contribution in [-0.4, -0.2) is 11.4 Å². The van der Waals surface area contributed by atoms with E-state index >= 15 is 0 Å². The molecular weight excluding hydrogens is 279 g/mol. The number of hydrogen-bond donors (Lipinski definition) is 0. The van der Waals surface area contributed by atoms with Gasteiger partial charge >= 0.3 is 0 Å². The fourth-order valence-corrected chi connectivity index (χ4v) is 4.78. The summed E-state index contributed by atoms with van der Waals surface area (Å²) in [5.41, 5.74) is 1.49. The standard InChI is InChI=1S/C18H23PS/c1-18(2,3)20-14-15-10-8-9-13-17(15)19(4)16-11-6-5-7-12-16/h5-13H,14H2,1-4H3. The maximum absolute atomic E-state index is 2.37. The van der Waals surface area contributed by atoms with Crippen molar-refractivity contribution in [1.82, 2.24) is 0 Å². The summed E-state index contributed by atoms with van der Waals surface area (Å²) in [5, 5.41) is 2.97. The summed E-state index contributed by atoms with van der Waals surface area (Å²) < 4.78 is 0.316. The third-order valence-electron chi connectivity index (χ3n) is 3.16. The molecule has 2 aromatic carbocycles. The molecule has 0 radical (unpaired) electrons. The van der Waals surface area contributed by atoms with E-state index in [0.717, 1.165) is 5.75 Å². The van der Waals surface area contributed by atoms with Crippen molar-refractivity contribution >= 4 is 30.3 Å². The molecule has 0 spiro atoms. The van der Waals surface area contributed by atoms with Crippen LogP contribution in [0.3, 0.4) is 0 Å². The highest BCUT2D eigenvalue weighted by molar-refractivity contribution is 7.99. The van der Waals surface area contributed by atoms with Gasteiger partial charge in [-0.05, 0) is 30.8 Å². The molecule has 2 heteroatoms. The Morgan fingerprint density at radius 3 is 2.15 bits per heavy atom. The van der Waals surface area contributed by atoms with E-state index in [9.17, 15) is 0 Å². The summed E-state index contributed by atoms with van der Waals surface area (Å²) in [4.78, 5) is 0. The average molecular weight is 302 g/mol. The number of benzene rings is 2. The molecule has 0 saturated carbocycles. The summed E-state index contributed by atoms with van der Waals surface area (Å²) >= 11 is 2.02. The van der Waals surface area contributed by atoms with Gasteiger partial charge in [0.25, 0.3) is 0 Å². The van der Waals surface area contributed by atoms with Crippen molar-refractivity contribution in [3.05, 3.63) is 60.2 Å². The van der Waals surface area contributed by atoms with Gasteiger partial charge in [0, 0.05) is 10.5 Å². The third kappa shape index (κ3) is 4.36. The van der Waals surface area contributed by atoms with Crippen molar-refractivity contribution < 1.29 is 0 Å². The molecular formula is C18H23PS. The van der Waals surface area contributed by atoms with Gasteiger partial charge in [-0.2, -0.15) is 11.8 Å². The zero-order valence-electron chi connectivity index (χ0n) is 12.8. The molecule has 0 aromatic heterocycles.